The molecule has 7 nitrogen and oxygen atoms in total. The number of likely N-dealkylation sites (N-methyl/N-ethyl adjacent to an activating group) is 1. The van der Waals surface area contributed by atoms with Crippen molar-refractivity contribution in [2.75, 3.05) is 20.1 Å². The van der Waals surface area contributed by atoms with Gasteiger partial charge in [0.05, 0.1) is 5.69 Å². The molecular formula is C23H32N4O3. The van der Waals surface area contributed by atoms with E-state index in [2.05, 4.69) is 29.2 Å². The number of aromatic nitrogens is 3. The lowest BCUT2D eigenvalue weighted by Gasteiger charge is -2.28. The summed E-state index contributed by atoms with van der Waals surface area (Å²) in [5.74, 6) is 0.479. The van der Waals surface area contributed by atoms with Crippen molar-refractivity contribution in [2.45, 2.75) is 64.3 Å². The normalized spacial score (nSPS) is 22.5. The Labute approximate surface area is 177 Å². The Morgan fingerprint density at radius 2 is 1.83 bits per heavy atom. The van der Waals surface area contributed by atoms with Crippen LogP contribution in [0.2, 0.25) is 0 Å². The number of hydrogen-bond donors (Lipinski definition) is 1. The average Bonchev–Trinajstić information content (AvgIpc) is 2.90. The van der Waals surface area contributed by atoms with Crippen LogP contribution in [0.4, 0.5) is 0 Å². The molecule has 162 valence electrons. The third-order valence-electron chi connectivity index (χ3n) is 6.89. The van der Waals surface area contributed by atoms with Gasteiger partial charge in [-0.05, 0) is 88.1 Å². The first-order chi connectivity index (χ1) is 14.4. The average molecular weight is 413 g/mol. The van der Waals surface area contributed by atoms with E-state index in [1.165, 1.54) is 11.1 Å². The number of fused-ring (bicyclic) bond motifs is 1. The molecule has 2 aliphatic rings. The Hall–Kier alpha value is -2.41. The molecule has 1 N–H and O–H groups in total. The van der Waals surface area contributed by atoms with Gasteiger partial charge in [-0.2, -0.15) is 9.78 Å². The van der Waals surface area contributed by atoms with Gasteiger partial charge in [-0.25, -0.2) is 4.79 Å². The van der Waals surface area contributed by atoms with Crippen molar-refractivity contribution >= 4 is 5.97 Å². The van der Waals surface area contributed by atoms with Gasteiger partial charge in [0.25, 0.3) is 0 Å². The highest BCUT2D eigenvalue weighted by atomic mass is 16.4. The van der Waals surface area contributed by atoms with Gasteiger partial charge in [-0.15, -0.1) is 0 Å². The molecule has 1 fully saturated rings. The van der Waals surface area contributed by atoms with Crippen molar-refractivity contribution in [2.24, 2.45) is 5.92 Å². The molecule has 0 atom stereocenters. The fourth-order valence-corrected chi connectivity index (χ4v) is 5.04. The molecule has 0 spiro atoms. The quantitative estimate of drug-likeness (QED) is 0.817. The Morgan fingerprint density at radius 1 is 1.13 bits per heavy atom. The molecule has 0 bridgehead atoms. The van der Waals surface area contributed by atoms with Crippen LogP contribution in [0.1, 0.15) is 61.5 Å². The van der Waals surface area contributed by atoms with E-state index in [-0.39, 0.29) is 18.2 Å². The van der Waals surface area contributed by atoms with E-state index in [0.29, 0.717) is 5.92 Å². The molecule has 0 saturated heterocycles. The van der Waals surface area contributed by atoms with E-state index in [4.69, 9.17) is 5.11 Å². The van der Waals surface area contributed by atoms with Crippen LogP contribution in [0.3, 0.4) is 0 Å². The second-order valence-corrected chi connectivity index (χ2v) is 8.97. The van der Waals surface area contributed by atoms with Crippen LogP contribution in [0.15, 0.2) is 23.0 Å². The molecule has 1 aliphatic carbocycles. The molecule has 1 aliphatic heterocycles. The van der Waals surface area contributed by atoms with Crippen LogP contribution in [0.5, 0.6) is 0 Å². The molecule has 0 amide bonds. The highest BCUT2D eigenvalue weighted by Crippen LogP contribution is 2.34. The maximum atomic E-state index is 13.3. The molecule has 0 unspecified atom stereocenters. The fourth-order valence-electron chi connectivity index (χ4n) is 5.04. The molecule has 1 saturated carbocycles. The zero-order chi connectivity index (χ0) is 21.3. The van der Waals surface area contributed by atoms with E-state index < -0.39 is 5.97 Å². The summed E-state index contributed by atoms with van der Waals surface area (Å²) in [7, 11) is 2.15. The highest BCUT2D eigenvalue weighted by molar-refractivity contribution is 5.66. The van der Waals surface area contributed by atoms with Crippen molar-refractivity contribution in [1.29, 1.82) is 0 Å². The lowest BCUT2D eigenvalue weighted by atomic mass is 9.83. The highest BCUT2D eigenvalue weighted by Gasteiger charge is 2.26. The molecular weight excluding hydrogens is 380 g/mol. The van der Waals surface area contributed by atoms with Gasteiger partial charge >= 0.3 is 11.7 Å². The van der Waals surface area contributed by atoms with Crippen molar-refractivity contribution in [1.82, 2.24) is 19.2 Å². The van der Waals surface area contributed by atoms with Gasteiger partial charge < -0.3 is 10.0 Å². The number of aryl methyl sites for hydroxylation is 1. The SMILES string of the molecule is Cc1nn(-c2ccc3c(c2)CCN(C)CC3)c(=O)n1C1CCC(CCC(=O)O)CC1. The second-order valence-electron chi connectivity index (χ2n) is 8.97. The van der Waals surface area contributed by atoms with Crippen molar-refractivity contribution in [3.63, 3.8) is 0 Å². The van der Waals surface area contributed by atoms with Gasteiger partial charge in [0, 0.05) is 25.6 Å². The third kappa shape index (κ3) is 4.36. The van der Waals surface area contributed by atoms with Crippen LogP contribution in [0, 0.1) is 12.8 Å². The maximum absolute atomic E-state index is 13.3. The lowest BCUT2D eigenvalue weighted by molar-refractivity contribution is -0.137. The molecule has 1 aromatic carbocycles. The van der Waals surface area contributed by atoms with Crippen molar-refractivity contribution < 1.29 is 9.90 Å². The number of carboxylic acids is 1. The van der Waals surface area contributed by atoms with Crippen LogP contribution >= 0.6 is 0 Å². The fraction of sp³-hybridized carbons (Fsp3) is 0.609. The number of hydrogen-bond acceptors (Lipinski definition) is 4. The molecule has 4 rings (SSSR count). The first-order valence-corrected chi connectivity index (χ1v) is 11.1. The van der Waals surface area contributed by atoms with E-state index in [1.807, 2.05) is 17.6 Å². The molecule has 7 heteroatoms. The third-order valence-corrected chi connectivity index (χ3v) is 6.89. The number of nitrogens with zero attached hydrogens (tertiary/aromatic N) is 4. The summed E-state index contributed by atoms with van der Waals surface area (Å²) in [4.78, 5) is 26.4. The van der Waals surface area contributed by atoms with Crippen LogP contribution in [-0.2, 0) is 17.6 Å². The van der Waals surface area contributed by atoms with E-state index in [9.17, 15) is 9.59 Å². The summed E-state index contributed by atoms with van der Waals surface area (Å²) >= 11 is 0. The minimum absolute atomic E-state index is 0.0628. The van der Waals surface area contributed by atoms with Gasteiger partial charge in [0.15, 0.2) is 0 Å². The standard InChI is InChI=1S/C23H32N4O3/c1-16-24-27(21-9-6-18-11-13-25(2)14-12-19(18)15-21)23(30)26(16)20-7-3-17(4-8-20)5-10-22(28)29/h6,9,15,17,20H,3-5,7-8,10-14H2,1-2H3,(H,28,29). The van der Waals surface area contributed by atoms with Crippen molar-refractivity contribution in [3.8, 4) is 5.69 Å². The van der Waals surface area contributed by atoms with E-state index >= 15 is 0 Å². The summed E-state index contributed by atoms with van der Waals surface area (Å²) < 4.78 is 3.41. The van der Waals surface area contributed by atoms with Crippen molar-refractivity contribution in [3.05, 3.63) is 45.6 Å². The Morgan fingerprint density at radius 3 is 2.53 bits per heavy atom. The summed E-state index contributed by atoms with van der Waals surface area (Å²) in [5, 5.41) is 13.5. The minimum Gasteiger partial charge on any atom is -0.481 e. The van der Waals surface area contributed by atoms with Gasteiger partial charge in [0.2, 0.25) is 0 Å². The Kier molecular flexibility index (Phi) is 6.09. The number of benzene rings is 1. The summed E-state index contributed by atoms with van der Waals surface area (Å²) in [6.07, 6.45) is 6.77. The van der Waals surface area contributed by atoms with E-state index in [1.54, 1.807) is 4.68 Å². The molecule has 2 heterocycles. The molecule has 30 heavy (non-hydrogen) atoms. The number of carbonyl (C=O) groups is 1. The topological polar surface area (TPSA) is 80.4 Å². The minimum atomic E-state index is -0.724. The molecule has 0 radical (unpaired) electrons. The van der Waals surface area contributed by atoms with Crippen LogP contribution < -0.4 is 5.69 Å². The Balaban J connectivity index is 1.52. The van der Waals surface area contributed by atoms with E-state index in [0.717, 1.165) is 69.5 Å². The zero-order valence-electron chi connectivity index (χ0n) is 18.0. The first-order valence-electron chi connectivity index (χ1n) is 11.1. The van der Waals surface area contributed by atoms with Gasteiger partial charge in [-0.1, -0.05) is 6.07 Å². The number of carboxylic acid groups (broad SMARTS) is 1. The maximum Gasteiger partial charge on any atom is 0.350 e. The molecule has 1 aromatic heterocycles. The second kappa shape index (κ2) is 8.76. The van der Waals surface area contributed by atoms with Crippen LogP contribution in [0.25, 0.3) is 5.69 Å². The summed E-state index contributed by atoms with van der Waals surface area (Å²) in [5.41, 5.74) is 3.47. The number of rotatable bonds is 5. The predicted octanol–water partition coefficient (Wildman–Crippen LogP) is 2.97. The van der Waals surface area contributed by atoms with Gasteiger partial charge in [0.1, 0.15) is 5.82 Å². The van der Waals surface area contributed by atoms with Gasteiger partial charge in [-0.3, -0.25) is 9.36 Å². The zero-order valence-corrected chi connectivity index (χ0v) is 18.0. The first kappa shape index (κ1) is 20.8. The largest absolute Gasteiger partial charge is 0.481 e. The predicted molar refractivity (Wildman–Crippen MR) is 115 cm³/mol. The summed E-state index contributed by atoms with van der Waals surface area (Å²) in [6, 6.07) is 6.46. The molecule has 2 aromatic rings. The van der Waals surface area contributed by atoms with Crippen LogP contribution in [-0.4, -0.2) is 50.5 Å². The Bertz CT molecular complexity index is 969. The lowest BCUT2D eigenvalue weighted by Crippen LogP contribution is -2.30. The summed E-state index contributed by atoms with van der Waals surface area (Å²) in [6.45, 7) is 4.01. The number of aliphatic carboxylic acids is 1. The smallest absolute Gasteiger partial charge is 0.350 e. The monoisotopic (exact) mass is 412 g/mol.